The fourth-order valence-electron chi connectivity index (χ4n) is 1.40. The summed E-state index contributed by atoms with van der Waals surface area (Å²) in [7, 11) is 0. The lowest BCUT2D eigenvalue weighted by Crippen LogP contribution is -2.48. The molecule has 2 nitrogen and oxygen atoms in total. The van der Waals surface area contributed by atoms with Gasteiger partial charge in [0.1, 0.15) is 4.88 Å². The molecule has 90 valence electrons. The molecule has 0 aliphatic heterocycles. The molecule has 0 aromatic carbocycles. The normalized spacial score (nSPS) is 11.5. The highest BCUT2D eigenvalue weighted by atomic mass is 79.9. The monoisotopic (exact) mass is 367 g/mol. The summed E-state index contributed by atoms with van der Waals surface area (Å²) in [4.78, 5) is 12.8. The van der Waals surface area contributed by atoms with E-state index >= 15 is 0 Å². The molecule has 5 heteroatoms. The molecule has 0 saturated carbocycles. The molecule has 16 heavy (non-hydrogen) atoms. The molecule has 1 N–H and O–H groups in total. The van der Waals surface area contributed by atoms with Crippen molar-refractivity contribution in [1.82, 2.24) is 5.32 Å². The second-order valence-corrected chi connectivity index (χ2v) is 6.00. The molecule has 0 unspecified atom stereocenters. The number of nitrogens with one attached hydrogen (secondary N) is 1. The van der Waals surface area contributed by atoms with E-state index in [1.807, 2.05) is 11.4 Å². The minimum absolute atomic E-state index is 0.00465. The van der Waals surface area contributed by atoms with Crippen molar-refractivity contribution < 1.29 is 4.79 Å². The van der Waals surface area contributed by atoms with Crippen LogP contribution in [-0.4, -0.2) is 16.8 Å². The van der Waals surface area contributed by atoms with Crippen molar-refractivity contribution in [1.29, 1.82) is 0 Å². The van der Waals surface area contributed by atoms with Crippen LogP contribution in [-0.2, 0) is 0 Å². The Morgan fingerprint density at radius 2 is 2.12 bits per heavy atom. The largest absolute Gasteiger partial charge is 0.345 e. The Hall–Kier alpha value is 0.130. The number of hydrogen-bond acceptors (Lipinski definition) is 2. The Bertz CT molecular complexity index is 352. The maximum Gasteiger partial charge on any atom is 0.262 e. The summed E-state index contributed by atoms with van der Waals surface area (Å²) in [5.74, 6) is 0.00465. The van der Waals surface area contributed by atoms with Crippen LogP contribution in [0.1, 0.15) is 36.4 Å². The maximum absolute atomic E-state index is 12.1. The molecule has 1 amide bonds. The minimum atomic E-state index is -0.138. The van der Waals surface area contributed by atoms with E-state index in [0.29, 0.717) is 0 Å². The number of thiophene rings is 1. The van der Waals surface area contributed by atoms with Gasteiger partial charge < -0.3 is 5.32 Å². The van der Waals surface area contributed by atoms with Crippen molar-refractivity contribution >= 4 is 49.1 Å². The molecule has 0 atom stereocenters. The SMILES string of the molecule is CCC(CC)(CBr)NC(=O)c1sccc1Br. The highest BCUT2D eigenvalue weighted by Crippen LogP contribution is 2.25. The summed E-state index contributed by atoms with van der Waals surface area (Å²) in [6.45, 7) is 4.18. The van der Waals surface area contributed by atoms with Crippen LogP contribution in [0, 0.1) is 0 Å². The highest BCUT2D eigenvalue weighted by molar-refractivity contribution is 9.10. The first-order valence-corrected chi connectivity index (χ1v) is 7.99. The lowest BCUT2D eigenvalue weighted by molar-refractivity contribution is 0.0907. The van der Waals surface area contributed by atoms with E-state index in [2.05, 4.69) is 51.0 Å². The number of hydrogen-bond donors (Lipinski definition) is 1. The van der Waals surface area contributed by atoms with Crippen LogP contribution in [0.5, 0.6) is 0 Å². The third-order valence-corrected chi connectivity index (χ3v) is 5.72. The van der Waals surface area contributed by atoms with Crippen molar-refractivity contribution in [2.45, 2.75) is 32.2 Å². The molecule has 0 saturated heterocycles. The van der Waals surface area contributed by atoms with E-state index in [1.54, 1.807) is 0 Å². The van der Waals surface area contributed by atoms with Gasteiger partial charge in [0.05, 0.1) is 0 Å². The van der Waals surface area contributed by atoms with Crippen molar-refractivity contribution in [3.8, 4) is 0 Å². The molecule has 0 aliphatic carbocycles. The number of alkyl halides is 1. The van der Waals surface area contributed by atoms with E-state index in [9.17, 15) is 4.79 Å². The van der Waals surface area contributed by atoms with Crippen LogP contribution in [0.25, 0.3) is 0 Å². The van der Waals surface area contributed by atoms with Crippen molar-refractivity contribution in [2.24, 2.45) is 0 Å². The molecule has 0 spiro atoms. The first-order chi connectivity index (χ1) is 7.58. The molecule has 1 aromatic rings. The second-order valence-electron chi connectivity index (χ2n) is 3.67. The molecule has 1 aromatic heterocycles. The van der Waals surface area contributed by atoms with Gasteiger partial charge in [-0.25, -0.2) is 0 Å². The zero-order chi connectivity index (χ0) is 12.2. The Balaban J connectivity index is 2.81. The van der Waals surface area contributed by atoms with E-state index in [0.717, 1.165) is 27.5 Å². The zero-order valence-electron chi connectivity index (χ0n) is 9.35. The van der Waals surface area contributed by atoms with E-state index in [1.165, 1.54) is 11.3 Å². The Kier molecular flexibility index (Phi) is 5.47. The quantitative estimate of drug-likeness (QED) is 0.775. The molecule has 1 rings (SSSR count). The van der Waals surface area contributed by atoms with Crippen molar-refractivity contribution in [2.75, 3.05) is 5.33 Å². The fraction of sp³-hybridized carbons (Fsp3) is 0.545. The second kappa shape index (κ2) is 6.17. The standard InChI is InChI=1S/C11H15Br2NOS/c1-3-11(4-2,7-12)14-10(15)9-8(13)5-6-16-9/h5-6H,3-4,7H2,1-2H3,(H,14,15). The first-order valence-electron chi connectivity index (χ1n) is 5.20. The molecular formula is C11H15Br2NOS. The number of carbonyl (C=O) groups is 1. The third kappa shape index (κ3) is 3.08. The molecular weight excluding hydrogens is 354 g/mol. The summed E-state index contributed by atoms with van der Waals surface area (Å²) in [6.07, 6.45) is 1.84. The smallest absolute Gasteiger partial charge is 0.262 e. The van der Waals surface area contributed by atoms with Gasteiger partial charge in [-0.1, -0.05) is 29.8 Å². The summed E-state index contributed by atoms with van der Waals surface area (Å²) in [6, 6.07) is 1.90. The molecule has 0 bridgehead atoms. The molecule has 1 heterocycles. The van der Waals surface area contributed by atoms with Gasteiger partial charge in [0.2, 0.25) is 0 Å². The van der Waals surface area contributed by atoms with Crippen LogP contribution in [0.3, 0.4) is 0 Å². The average Bonchev–Trinajstić information content (AvgIpc) is 2.72. The highest BCUT2D eigenvalue weighted by Gasteiger charge is 2.28. The Labute approximate surface area is 117 Å². The van der Waals surface area contributed by atoms with Crippen molar-refractivity contribution in [3.63, 3.8) is 0 Å². The van der Waals surface area contributed by atoms with Gasteiger partial charge in [-0.3, -0.25) is 4.79 Å². The predicted octanol–water partition coefficient (Wildman–Crippen LogP) is 4.19. The van der Waals surface area contributed by atoms with Crippen LogP contribution < -0.4 is 5.32 Å². The van der Waals surface area contributed by atoms with Gasteiger partial charge in [-0.15, -0.1) is 11.3 Å². The van der Waals surface area contributed by atoms with Gasteiger partial charge in [0.15, 0.2) is 0 Å². The Morgan fingerprint density at radius 3 is 2.50 bits per heavy atom. The average molecular weight is 369 g/mol. The topological polar surface area (TPSA) is 29.1 Å². The minimum Gasteiger partial charge on any atom is -0.345 e. The maximum atomic E-state index is 12.1. The summed E-state index contributed by atoms with van der Waals surface area (Å²) in [5, 5.41) is 5.81. The summed E-state index contributed by atoms with van der Waals surface area (Å²) >= 11 is 8.31. The van der Waals surface area contributed by atoms with Crippen LogP contribution in [0.2, 0.25) is 0 Å². The predicted molar refractivity (Wildman–Crippen MR) is 76.6 cm³/mol. The van der Waals surface area contributed by atoms with E-state index in [4.69, 9.17) is 0 Å². The van der Waals surface area contributed by atoms with Crippen LogP contribution in [0.15, 0.2) is 15.9 Å². The molecule has 0 aliphatic rings. The van der Waals surface area contributed by atoms with Gasteiger partial charge in [0.25, 0.3) is 5.91 Å². The molecule has 0 radical (unpaired) electrons. The van der Waals surface area contributed by atoms with Crippen LogP contribution in [0.4, 0.5) is 0 Å². The number of amides is 1. The van der Waals surface area contributed by atoms with Crippen molar-refractivity contribution in [3.05, 3.63) is 20.8 Å². The zero-order valence-corrected chi connectivity index (χ0v) is 13.3. The number of carbonyl (C=O) groups excluding carboxylic acids is 1. The summed E-state index contributed by atoms with van der Waals surface area (Å²) in [5.41, 5.74) is -0.138. The van der Waals surface area contributed by atoms with Gasteiger partial charge in [-0.2, -0.15) is 0 Å². The van der Waals surface area contributed by atoms with Gasteiger partial charge in [0, 0.05) is 15.3 Å². The van der Waals surface area contributed by atoms with Crippen LogP contribution >= 0.6 is 43.2 Å². The molecule has 0 fully saturated rings. The first kappa shape index (κ1) is 14.2. The Morgan fingerprint density at radius 1 is 1.50 bits per heavy atom. The number of halogens is 2. The van der Waals surface area contributed by atoms with Gasteiger partial charge in [-0.05, 0) is 40.2 Å². The summed E-state index contributed by atoms with van der Waals surface area (Å²) < 4.78 is 0.866. The fourth-order valence-corrected chi connectivity index (χ4v) is 3.78. The third-order valence-electron chi connectivity index (χ3n) is 2.81. The lowest BCUT2D eigenvalue weighted by Gasteiger charge is -2.30. The van der Waals surface area contributed by atoms with Gasteiger partial charge >= 0.3 is 0 Å². The lowest BCUT2D eigenvalue weighted by atomic mass is 9.95. The van der Waals surface area contributed by atoms with E-state index in [-0.39, 0.29) is 11.4 Å². The number of rotatable bonds is 5. The van der Waals surface area contributed by atoms with E-state index < -0.39 is 0 Å².